The molecule has 0 atom stereocenters. The minimum Gasteiger partial charge on any atom is -0.396 e. The van der Waals surface area contributed by atoms with Gasteiger partial charge >= 0.3 is 0 Å². The van der Waals surface area contributed by atoms with E-state index in [1.807, 2.05) is 32.9 Å². The predicted molar refractivity (Wildman–Crippen MR) is 82.3 cm³/mol. The Morgan fingerprint density at radius 1 is 1.05 bits per heavy atom. The maximum absolute atomic E-state index is 13.1. The summed E-state index contributed by atoms with van der Waals surface area (Å²) in [6, 6.07) is 7.12. The van der Waals surface area contributed by atoms with Crippen molar-refractivity contribution in [1.82, 2.24) is 0 Å². The Kier molecular flexibility index (Phi) is 3.91. The highest BCUT2D eigenvalue weighted by Gasteiger charge is 2.18. The lowest BCUT2D eigenvalue weighted by atomic mass is 10.1. The van der Waals surface area contributed by atoms with Gasteiger partial charge in [0.2, 0.25) is 0 Å². The van der Waals surface area contributed by atoms with Crippen molar-refractivity contribution in [2.75, 3.05) is 10.5 Å². The molecule has 0 radical (unpaired) electrons. The van der Waals surface area contributed by atoms with Crippen LogP contribution in [0.1, 0.15) is 16.7 Å². The molecular formula is C15H17FN2O2S. The van der Waals surface area contributed by atoms with Crippen molar-refractivity contribution in [2.24, 2.45) is 0 Å². The molecule has 0 aliphatic rings. The topological polar surface area (TPSA) is 72.2 Å². The van der Waals surface area contributed by atoms with Gasteiger partial charge < -0.3 is 5.73 Å². The minimum atomic E-state index is -3.81. The van der Waals surface area contributed by atoms with Crippen molar-refractivity contribution < 1.29 is 12.8 Å². The van der Waals surface area contributed by atoms with Crippen LogP contribution >= 0.6 is 0 Å². The standard InChI is InChI=1S/C15H17FN2O2S/c1-9-6-10(2)15(11(3)7-9)18-21(19,20)12-4-5-13(16)14(17)8-12/h4-8,18H,17H2,1-3H3. The second-order valence-electron chi connectivity index (χ2n) is 5.06. The molecule has 0 saturated heterocycles. The zero-order valence-corrected chi connectivity index (χ0v) is 12.9. The van der Waals surface area contributed by atoms with Crippen LogP contribution in [0.5, 0.6) is 0 Å². The number of aryl methyl sites for hydroxylation is 3. The summed E-state index contributed by atoms with van der Waals surface area (Å²) in [5, 5.41) is 0. The summed E-state index contributed by atoms with van der Waals surface area (Å²) in [5.41, 5.74) is 8.46. The molecule has 4 nitrogen and oxygen atoms in total. The Balaban J connectivity index is 2.44. The normalized spacial score (nSPS) is 11.4. The average Bonchev–Trinajstić information content (AvgIpc) is 2.37. The van der Waals surface area contributed by atoms with Crippen molar-refractivity contribution in [2.45, 2.75) is 25.7 Å². The molecule has 3 N–H and O–H groups in total. The summed E-state index contributed by atoms with van der Waals surface area (Å²) in [7, 11) is -3.81. The molecule has 0 bridgehead atoms. The Labute approximate surface area is 123 Å². The van der Waals surface area contributed by atoms with E-state index in [9.17, 15) is 12.8 Å². The molecule has 6 heteroatoms. The quantitative estimate of drug-likeness (QED) is 0.856. The number of nitrogen functional groups attached to an aromatic ring is 1. The molecule has 0 unspecified atom stereocenters. The first-order valence-electron chi connectivity index (χ1n) is 6.36. The first-order valence-corrected chi connectivity index (χ1v) is 7.85. The summed E-state index contributed by atoms with van der Waals surface area (Å²) < 4.78 is 40.4. The van der Waals surface area contributed by atoms with Crippen molar-refractivity contribution in [3.63, 3.8) is 0 Å². The third-order valence-corrected chi connectivity index (χ3v) is 4.54. The van der Waals surface area contributed by atoms with E-state index < -0.39 is 15.8 Å². The molecule has 112 valence electrons. The Morgan fingerprint density at radius 3 is 2.14 bits per heavy atom. The maximum Gasteiger partial charge on any atom is 0.261 e. The average molecular weight is 308 g/mol. The van der Waals surface area contributed by atoms with Gasteiger partial charge in [0, 0.05) is 0 Å². The van der Waals surface area contributed by atoms with Gasteiger partial charge in [-0.25, -0.2) is 12.8 Å². The predicted octanol–water partition coefficient (Wildman–Crippen LogP) is 3.13. The summed E-state index contributed by atoms with van der Waals surface area (Å²) in [5.74, 6) is -0.642. The zero-order valence-electron chi connectivity index (χ0n) is 12.1. The van der Waals surface area contributed by atoms with E-state index in [-0.39, 0.29) is 10.6 Å². The highest BCUT2D eigenvalue weighted by Crippen LogP contribution is 2.26. The molecule has 0 aliphatic carbocycles. The fourth-order valence-corrected chi connectivity index (χ4v) is 3.46. The van der Waals surface area contributed by atoms with Gasteiger partial charge in [-0.3, -0.25) is 4.72 Å². The van der Waals surface area contributed by atoms with Crippen LogP contribution in [0.2, 0.25) is 0 Å². The molecule has 0 heterocycles. The van der Waals surface area contributed by atoms with E-state index >= 15 is 0 Å². The van der Waals surface area contributed by atoms with Crippen molar-refractivity contribution in [3.05, 3.63) is 52.8 Å². The van der Waals surface area contributed by atoms with Gasteiger partial charge in [-0.15, -0.1) is 0 Å². The SMILES string of the molecule is Cc1cc(C)c(NS(=O)(=O)c2ccc(F)c(N)c2)c(C)c1. The molecule has 0 aliphatic heterocycles. The van der Waals surface area contributed by atoms with Crippen molar-refractivity contribution in [1.29, 1.82) is 0 Å². The largest absolute Gasteiger partial charge is 0.396 e. The van der Waals surface area contributed by atoms with Crippen LogP contribution in [0, 0.1) is 26.6 Å². The molecule has 0 amide bonds. The molecule has 2 rings (SSSR count). The van der Waals surface area contributed by atoms with Gasteiger partial charge in [0.15, 0.2) is 0 Å². The monoisotopic (exact) mass is 308 g/mol. The van der Waals surface area contributed by atoms with E-state index in [2.05, 4.69) is 4.72 Å². The number of halogens is 1. The van der Waals surface area contributed by atoms with Crippen molar-refractivity contribution in [3.8, 4) is 0 Å². The highest BCUT2D eigenvalue weighted by atomic mass is 32.2. The minimum absolute atomic E-state index is 0.0687. The fraction of sp³-hybridized carbons (Fsp3) is 0.200. The van der Waals surface area contributed by atoms with E-state index in [1.165, 1.54) is 6.07 Å². The van der Waals surface area contributed by atoms with Crippen LogP contribution in [0.3, 0.4) is 0 Å². The lowest BCUT2D eigenvalue weighted by Gasteiger charge is -2.14. The van der Waals surface area contributed by atoms with Gasteiger partial charge in [-0.1, -0.05) is 17.7 Å². The molecule has 0 spiro atoms. The zero-order chi connectivity index (χ0) is 15.8. The molecule has 0 fully saturated rings. The number of sulfonamides is 1. The Morgan fingerprint density at radius 2 is 1.62 bits per heavy atom. The first kappa shape index (κ1) is 15.3. The van der Waals surface area contributed by atoms with E-state index in [0.717, 1.165) is 28.8 Å². The number of nitrogens with two attached hydrogens (primary N) is 1. The number of anilines is 2. The van der Waals surface area contributed by atoms with Crippen LogP contribution in [-0.2, 0) is 10.0 Å². The maximum atomic E-state index is 13.1. The molecule has 2 aromatic rings. The van der Waals surface area contributed by atoms with E-state index in [1.54, 1.807) is 0 Å². The van der Waals surface area contributed by atoms with Gasteiger partial charge in [0.1, 0.15) is 5.82 Å². The molecule has 0 saturated carbocycles. The molecular weight excluding hydrogens is 291 g/mol. The third kappa shape index (κ3) is 3.16. The first-order chi connectivity index (χ1) is 9.70. The van der Waals surface area contributed by atoms with E-state index in [4.69, 9.17) is 5.73 Å². The number of hydrogen-bond donors (Lipinski definition) is 2. The van der Waals surface area contributed by atoms with Gasteiger partial charge in [0.05, 0.1) is 16.3 Å². The van der Waals surface area contributed by atoms with Crippen molar-refractivity contribution >= 4 is 21.4 Å². The van der Waals surface area contributed by atoms with Crippen LogP contribution in [0.15, 0.2) is 35.2 Å². The second-order valence-corrected chi connectivity index (χ2v) is 6.74. The highest BCUT2D eigenvalue weighted by molar-refractivity contribution is 7.92. The lowest BCUT2D eigenvalue weighted by molar-refractivity contribution is 0.600. The van der Waals surface area contributed by atoms with Crippen LogP contribution in [-0.4, -0.2) is 8.42 Å². The summed E-state index contributed by atoms with van der Waals surface area (Å²) in [4.78, 5) is -0.0687. The molecule has 21 heavy (non-hydrogen) atoms. The van der Waals surface area contributed by atoms with Crippen LogP contribution in [0.25, 0.3) is 0 Å². The Hall–Kier alpha value is -2.08. The Bertz CT molecular complexity index is 778. The van der Waals surface area contributed by atoms with Crippen LogP contribution < -0.4 is 10.5 Å². The smallest absolute Gasteiger partial charge is 0.261 e. The summed E-state index contributed by atoms with van der Waals surface area (Å²) in [6.45, 7) is 5.60. The molecule has 2 aromatic carbocycles. The number of nitrogens with one attached hydrogen (secondary N) is 1. The van der Waals surface area contributed by atoms with Gasteiger partial charge in [0.25, 0.3) is 10.0 Å². The molecule has 0 aromatic heterocycles. The number of rotatable bonds is 3. The number of hydrogen-bond acceptors (Lipinski definition) is 3. The van der Waals surface area contributed by atoms with Crippen LogP contribution in [0.4, 0.5) is 15.8 Å². The summed E-state index contributed by atoms with van der Waals surface area (Å²) in [6.07, 6.45) is 0. The second kappa shape index (κ2) is 5.37. The van der Waals surface area contributed by atoms with E-state index in [0.29, 0.717) is 5.69 Å². The number of benzene rings is 2. The summed E-state index contributed by atoms with van der Waals surface area (Å²) >= 11 is 0. The fourth-order valence-electron chi connectivity index (χ4n) is 2.22. The van der Waals surface area contributed by atoms with Gasteiger partial charge in [-0.2, -0.15) is 0 Å². The van der Waals surface area contributed by atoms with Gasteiger partial charge in [-0.05, 0) is 50.1 Å². The third-order valence-electron chi connectivity index (χ3n) is 3.19. The lowest BCUT2D eigenvalue weighted by Crippen LogP contribution is -2.15.